The Labute approximate surface area is 120 Å². The topological polar surface area (TPSA) is 57.6 Å². The second kappa shape index (κ2) is 4.90. The molecule has 2 unspecified atom stereocenters. The molecule has 1 saturated heterocycles. The normalized spacial score (nSPS) is 22.4. The highest BCUT2D eigenvalue weighted by Crippen LogP contribution is 2.30. The van der Waals surface area contributed by atoms with Gasteiger partial charge in [0, 0.05) is 28.6 Å². The molecule has 2 heterocycles. The molecular weight excluding hydrogens is 274 g/mol. The van der Waals surface area contributed by atoms with Crippen molar-refractivity contribution >= 4 is 33.3 Å². The predicted octanol–water partition coefficient (Wildman–Crippen LogP) is 2.69. The fourth-order valence-electron chi connectivity index (χ4n) is 2.77. The number of aliphatic carboxylic acids is 1. The molecule has 3 rings (SSSR count). The van der Waals surface area contributed by atoms with E-state index in [2.05, 4.69) is 0 Å². The minimum atomic E-state index is -0.817. The lowest BCUT2D eigenvalue weighted by atomic mass is 9.99. The number of hydrogen-bond donors (Lipinski definition) is 1. The van der Waals surface area contributed by atoms with Gasteiger partial charge in [0.2, 0.25) is 0 Å². The van der Waals surface area contributed by atoms with Crippen LogP contribution in [0.5, 0.6) is 0 Å². The van der Waals surface area contributed by atoms with E-state index in [4.69, 9.17) is 5.11 Å². The molecule has 0 radical (unpaired) electrons. The molecule has 0 saturated carbocycles. The molecule has 0 aliphatic carbocycles. The van der Waals surface area contributed by atoms with Crippen molar-refractivity contribution in [3.05, 3.63) is 35.2 Å². The summed E-state index contributed by atoms with van der Waals surface area (Å²) in [5.74, 6) is -1.33. The summed E-state index contributed by atoms with van der Waals surface area (Å²) in [5, 5.41) is 12.0. The van der Waals surface area contributed by atoms with Crippen LogP contribution in [-0.4, -0.2) is 35.0 Å². The van der Waals surface area contributed by atoms with E-state index in [0.717, 1.165) is 10.1 Å². The first kappa shape index (κ1) is 13.1. The number of fused-ring (bicyclic) bond motifs is 1. The van der Waals surface area contributed by atoms with E-state index in [9.17, 15) is 9.59 Å². The summed E-state index contributed by atoms with van der Waals surface area (Å²) in [6.07, 6.45) is 0. The van der Waals surface area contributed by atoms with Crippen LogP contribution in [0.3, 0.4) is 0 Å². The number of hydrogen-bond acceptors (Lipinski definition) is 3. The van der Waals surface area contributed by atoms with Gasteiger partial charge in [-0.25, -0.2) is 0 Å². The number of thiophene rings is 1. The van der Waals surface area contributed by atoms with Gasteiger partial charge in [0.25, 0.3) is 5.91 Å². The molecule has 1 fully saturated rings. The second-order valence-electron chi connectivity index (χ2n) is 5.28. The Morgan fingerprint density at radius 2 is 2.05 bits per heavy atom. The van der Waals surface area contributed by atoms with Crippen LogP contribution in [0, 0.1) is 11.8 Å². The summed E-state index contributed by atoms with van der Waals surface area (Å²) in [5.41, 5.74) is 0.684. The van der Waals surface area contributed by atoms with Gasteiger partial charge >= 0.3 is 5.97 Å². The molecule has 1 aliphatic heterocycles. The Bertz CT molecular complexity index is 679. The number of carboxylic acids is 1. The first-order valence-corrected chi connectivity index (χ1v) is 7.44. The Balaban J connectivity index is 1.89. The summed E-state index contributed by atoms with van der Waals surface area (Å²) >= 11 is 1.55. The van der Waals surface area contributed by atoms with Crippen LogP contribution in [0.4, 0.5) is 0 Å². The van der Waals surface area contributed by atoms with Gasteiger partial charge in [-0.1, -0.05) is 25.1 Å². The van der Waals surface area contributed by atoms with Crippen molar-refractivity contribution in [2.75, 3.05) is 13.1 Å². The Morgan fingerprint density at radius 1 is 1.30 bits per heavy atom. The number of likely N-dealkylation sites (tertiary alicyclic amines) is 1. The van der Waals surface area contributed by atoms with Crippen LogP contribution in [-0.2, 0) is 4.79 Å². The van der Waals surface area contributed by atoms with Crippen molar-refractivity contribution in [3.63, 3.8) is 0 Å². The van der Waals surface area contributed by atoms with E-state index in [0.29, 0.717) is 18.7 Å². The largest absolute Gasteiger partial charge is 0.481 e. The molecule has 1 aromatic carbocycles. The quantitative estimate of drug-likeness (QED) is 0.924. The van der Waals surface area contributed by atoms with Crippen molar-refractivity contribution in [1.82, 2.24) is 4.90 Å². The van der Waals surface area contributed by atoms with E-state index in [1.165, 1.54) is 0 Å². The van der Waals surface area contributed by atoms with Crippen LogP contribution in [0.25, 0.3) is 10.1 Å². The third-order valence-corrected chi connectivity index (χ3v) is 4.89. The van der Waals surface area contributed by atoms with Crippen LogP contribution >= 0.6 is 11.3 Å². The molecule has 5 heteroatoms. The molecule has 20 heavy (non-hydrogen) atoms. The van der Waals surface area contributed by atoms with E-state index >= 15 is 0 Å². The fraction of sp³-hybridized carbons (Fsp3) is 0.333. The Kier molecular flexibility index (Phi) is 3.22. The highest BCUT2D eigenvalue weighted by Gasteiger charge is 2.37. The molecule has 2 aromatic rings. The lowest BCUT2D eigenvalue weighted by Crippen LogP contribution is -2.29. The van der Waals surface area contributed by atoms with Crippen molar-refractivity contribution in [3.8, 4) is 0 Å². The predicted molar refractivity (Wildman–Crippen MR) is 78.0 cm³/mol. The molecule has 1 N–H and O–H groups in total. The van der Waals surface area contributed by atoms with Crippen molar-refractivity contribution < 1.29 is 14.7 Å². The van der Waals surface area contributed by atoms with Gasteiger partial charge in [-0.05, 0) is 12.0 Å². The minimum Gasteiger partial charge on any atom is -0.481 e. The second-order valence-corrected chi connectivity index (χ2v) is 6.19. The van der Waals surface area contributed by atoms with Gasteiger partial charge < -0.3 is 10.0 Å². The van der Waals surface area contributed by atoms with Gasteiger partial charge in [-0.15, -0.1) is 11.3 Å². The fourth-order valence-corrected chi connectivity index (χ4v) is 3.70. The number of rotatable bonds is 2. The number of carbonyl (C=O) groups excluding carboxylic acids is 1. The number of carbonyl (C=O) groups is 2. The van der Waals surface area contributed by atoms with Crippen LogP contribution < -0.4 is 0 Å². The average Bonchev–Trinajstić information content (AvgIpc) is 3.01. The molecule has 1 amide bonds. The summed E-state index contributed by atoms with van der Waals surface area (Å²) in [6, 6.07) is 7.79. The minimum absolute atomic E-state index is 0.00125. The van der Waals surface area contributed by atoms with Crippen LogP contribution in [0.1, 0.15) is 17.3 Å². The lowest BCUT2D eigenvalue weighted by Gasteiger charge is -2.15. The van der Waals surface area contributed by atoms with Crippen molar-refractivity contribution in [2.45, 2.75) is 6.92 Å². The van der Waals surface area contributed by atoms with Crippen molar-refractivity contribution in [2.24, 2.45) is 11.8 Å². The molecule has 1 aliphatic rings. The number of nitrogens with zero attached hydrogens (tertiary/aromatic N) is 1. The third kappa shape index (κ3) is 2.08. The molecule has 2 atom stereocenters. The third-order valence-electron chi connectivity index (χ3n) is 3.93. The maximum atomic E-state index is 12.6. The summed E-state index contributed by atoms with van der Waals surface area (Å²) in [7, 11) is 0. The van der Waals surface area contributed by atoms with Gasteiger partial charge in [-0.3, -0.25) is 9.59 Å². The van der Waals surface area contributed by atoms with E-state index in [1.807, 2.05) is 36.6 Å². The van der Waals surface area contributed by atoms with E-state index < -0.39 is 11.9 Å². The Morgan fingerprint density at radius 3 is 2.75 bits per heavy atom. The molecule has 4 nitrogen and oxygen atoms in total. The van der Waals surface area contributed by atoms with E-state index in [1.54, 1.807) is 16.2 Å². The number of benzene rings is 1. The average molecular weight is 289 g/mol. The number of amides is 1. The van der Waals surface area contributed by atoms with Crippen LogP contribution in [0.2, 0.25) is 0 Å². The highest BCUT2D eigenvalue weighted by atomic mass is 32.1. The van der Waals surface area contributed by atoms with Gasteiger partial charge in [0.05, 0.1) is 11.5 Å². The lowest BCUT2D eigenvalue weighted by molar-refractivity contribution is -0.142. The summed E-state index contributed by atoms with van der Waals surface area (Å²) < 4.78 is 1.08. The summed E-state index contributed by atoms with van der Waals surface area (Å²) in [4.78, 5) is 25.4. The standard InChI is InChI=1S/C15H15NO3S/c1-9-6-16(7-11(9)15(18)19)14(17)12-8-20-13-5-3-2-4-10(12)13/h2-5,8-9,11H,6-7H2,1H3,(H,18,19). The van der Waals surface area contributed by atoms with Gasteiger partial charge in [0.1, 0.15) is 0 Å². The van der Waals surface area contributed by atoms with Gasteiger partial charge in [-0.2, -0.15) is 0 Å². The Hall–Kier alpha value is -1.88. The zero-order chi connectivity index (χ0) is 14.3. The number of carboxylic acid groups (broad SMARTS) is 1. The van der Waals surface area contributed by atoms with Crippen LogP contribution in [0.15, 0.2) is 29.6 Å². The first-order valence-electron chi connectivity index (χ1n) is 6.56. The monoisotopic (exact) mass is 289 g/mol. The first-order chi connectivity index (χ1) is 9.58. The maximum absolute atomic E-state index is 12.6. The SMILES string of the molecule is CC1CN(C(=O)c2csc3ccccc23)CC1C(=O)O. The smallest absolute Gasteiger partial charge is 0.308 e. The van der Waals surface area contributed by atoms with Gasteiger partial charge in [0.15, 0.2) is 0 Å². The molecule has 0 bridgehead atoms. The molecule has 0 spiro atoms. The zero-order valence-corrected chi connectivity index (χ0v) is 11.9. The molecule has 104 valence electrons. The van der Waals surface area contributed by atoms with Crippen molar-refractivity contribution in [1.29, 1.82) is 0 Å². The zero-order valence-electron chi connectivity index (χ0n) is 11.1. The maximum Gasteiger partial charge on any atom is 0.308 e. The van der Waals surface area contributed by atoms with E-state index in [-0.39, 0.29) is 11.8 Å². The summed E-state index contributed by atoms with van der Waals surface area (Å²) in [6.45, 7) is 2.71. The molecular formula is C15H15NO3S. The highest BCUT2D eigenvalue weighted by molar-refractivity contribution is 7.17. The molecule has 1 aromatic heterocycles.